The van der Waals surface area contributed by atoms with Crippen LogP contribution in [0.5, 0.6) is 5.75 Å². The van der Waals surface area contributed by atoms with Crippen molar-refractivity contribution in [1.29, 1.82) is 0 Å². The summed E-state index contributed by atoms with van der Waals surface area (Å²) < 4.78 is 5.36. The van der Waals surface area contributed by atoms with Crippen LogP contribution in [0, 0.1) is 0 Å². The van der Waals surface area contributed by atoms with Gasteiger partial charge in [0.15, 0.2) is 0 Å². The lowest BCUT2D eigenvalue weighted by molar-refractivity contribution is -0.105. The van der Waals surface area contributed by atoms with Gasteiger partial charge in [0.05, 0.1) is 12.8 Å². The van der Waals surface area contributed by atoms with E-state index in [4.69, 9.17) is 4.74 Å². The number of carbonyl (C=O) groups excluding carboxylic acids is 1. The van der Waals surface area contributed by atoms with Crippen molar-refractivity contribution in [2.45, 2.75) is 38.6 Å². The van der Waals surface area contributed by atoms with Crippen molar-refractivity contribution >= 4 is 12.1 Å². The summed E-state index contributed by atoms with van der Waals surface area (Å²) in [5.74, 6) is 1.32. The van der Waals surface area contributed by atoms with Crippen molar-refractivity contribution in [2.24, 2.45) is 0 Å². The third kappa shape index (κ3) is 3.31. The molecule has 0 aromatic heterocycles. The Kier molecular flexibility index (Phi) is 5.01. The van der Waals surface area contributed by atoms with E-state index in [2.05, 4.69) is 36.2 Å². The lowest BCUT2D eigenvalue weighted by atomic mass is 9.88. The maximum absolute atomic E-state index is 10.6. The first-order valence-corrected chi connectivity index (χ1v) is 7.28. The van der Waals surface area contributed by atoms with E-state index in [1.807, 2.05) is 6.07 Å². The molecule has 0 radical (unpaired) electrons. The first-order valence-electron chi connectivity index (χ1n) is 7.28. The smallest absolute Gasteiger partial charge is 0.211 e. The van der Waals surface area contributed by atoms with E-state index in [1.165, 1.54) is 18.4 Å². The lowest BCUT2D eigenvalue weighted by Crippen LogP contribution is -2.37. The van der Waals surface area contributed by atoms with E-state index < -0.39 is 0 Å². The quantitative estimate of drug-likeness (QED) is 0.841. The molecule has 0 bridgehead atoms. The molecule has 110 valence electrons. The van der Waals surface area contributed by atoms with Crippen LogP contribution >= 0.6 is 0 Å². The number of piperidine rings is 1. The molecule has 1 fully saturated rings. The van der Waals surface area contributed by atoms with Gasteiger partial charge in [0.2, 0.25) is 6.41 Å². The molecule has 0 saturated carbocycles. The SMILES string of the molecule is COc1cc(C2CCN(C(C)C)CC2)ccc1NC=O. The Bertz CT molecular complexity index is 452. The highest BCUT2D eigenvalue weighted by Crippen LogP contribution is 2.33. The molecular weight excluding hydrogens is 252 g/mol. The maximum Gasteiger partial charge on any atom is 0.211 e. The molecule has 1 aliphatic heterocycles. The zero-order valence-electron chi connectivity index (χ0n) is 12.6. The van der Waals surface area contributed by atoms with Crippen LogP contribution < -0.4 is 10.1 Å². The minimum absolute atomic E-state index is 0.587. The van der Waals surface area contributed by atoms with Gasteiger partial charge in [-0.3, -0.25) is 4.79 Å². The number of carbonyl (C=O) groups is 1. The normalized spacial score (nSPS) is 17.2. The van der Waals surface area contributed by atoms with Gasteiger partial charge in [-0.25, -0.2) is 0 Å². The molecule has 0 spiro atoms. The van der Waals surface area contributed by atoms with Gasteiger partial charge < -0.3 is 15.0 Å². The van der Waals surface area contributed by atoms with Gasteiger partial charge in [0, 0.05) is 6.04 Å². The number of methoxy groups -OCH3 is 1. The standard InChI is InChI=1S/C16H24N2O2/c1-12(2)18-8-6-13(7-9-18)14-4-5-15(17-11-19)16(10-14)20-3/h4-5,10-13H,6-9H2,1-3H3,(H,17,19). The van der Waals surface area contributed by atoms with Crippen molar-refractivity contribution in [2.75, 3.05) is 25.5 Å². The Balaban J connectivity index is 2.08. The van der Waals surface area contributed by atoms with E-state index in [-0.39, 0.29) is 0 Å². The molecular formula is C16H24N2O2. The molecule has 4 nitrogen and oxygen atoms in total. The molecule has 1 N–H and O–H groups in total. The summed E-state index contributed by atoms with van der Waals surface area (Å²) in [6, 6.07) is 6.72. The average molecular weight is 276 g/mol. The second kappa shape index (κ2) is 6.75. The predicted octanol–water partition coefficient (Wildman–Crippen LogP) is 2.85. The van der Waals surface area contributed by atoms with E-state index in [1.54, 1.807) is 7.11 Å². The largest absolute Gasteiger partial charge is 0.495 e. The topological polar surface area (TPSA) is 41.6 Å². The molecule has 1 aromatic carbocycles. The van der Waals surface area contributed by atoms with E-state index in [0.29, 0.717) is 18.4 Å². The monoisotopic (exact) mass is 276 g/mol. The molecule has 1 amide bonds. The Morgan fingerprint density at radius 1 is 1.35 bits per heavy atom. The van der Waals surface area contributed by atoms with Crippen LogP contribution in [0.3, 0.4) is 0 Å². The first-order chi connectivity index (χ1) is 9.65. The molecule has 1 aliphatic rings. The zero-order valence-corrected chi connectivity index (χ0v) is 12.6. The summed E-state index contributed by atoms with van der Waals surface area (Å²) in [4.78, 5) is 13.1. The minimum Gasteiger partial charge on any atom is -0.495 e. The molecule has 20 heavy (non-hydrogen) atoms. The van der Waals surface area contributed by atoms with Gasteiger partial charge in [-0.05, 0) is 63.4 Å². The summed E-state index contributed by atoms with van der Waals surface area (Å²) in [5, 5.41) is 2.67. The summed E-state index contributed by atoms with van der Waals surface area (Å²) in [7, 11) is 1.64. The van der Waals surface area contributed by atoms with Gasteiger partial charge in [-0.15, -0.1) is 0 Å². The van der Waals surface area contributed by atoms with E-state index >= 15 is 0 Å². The Morgan fingerprint density at radius 2 is 2.05 bits per heavy atom. The highest BCUT2D eigenvalue weighted by atomic mass is 16.5. The molecule has 1 aromatic rings. The van der Waals surface area contributed by atoms with Gasteiger partial charge in [-0.1, -0.05) is 6.07 Å². The van der Waals surface area contributed by atoms with Gasteiger partial charge >= 0.3 is 0 Å². The number of rotatable bonds is 5. The summed E-state index contributed by atoms with van der Waals surface area (Å²) in [6.07, 6.45) is 3.04. The highest BCUT2D eigenvalue weighted by Gasteiger charge is 2.22. The second-order valence-electron chi connectivity index (χ2n) is 5.63. The number of hydrogen-bond acceptors (Lipinski definition) is 3. The summed E-state index contributed by atoms with van der Waals surface area (Å²) in [5.41, 5.74) is 2.03. The van der Waals surface area contributed by atoms with Gasteiger partial charge in [0.1, 0.15) is 5.75 Å². The third-order valence-electron chi connectivity index (χ3n) is 4.17. The van der Waals surface area contributed by atoms with Crippen LogP contribution in [0.25, 0.3) is 0 Å². The number of amides is 1. The zero-order chi connectivity index (χ0) is 14.5. The summed E-state index contributed by atoms with van der Waals surface area (Å²) in [6.45, 7) is 6.81. The number of anilines is 1. The fraction of sp³-hybridized carbons (Fsp3) is 0.562. The van der Waals surface area contributed by atoms with Crippen LogP contribution in [0.2, 0.25) is 0 Å². The van der Waals surface area contributed by atoms with Crippen molar-refractivity contribution in [3.63, 3.8) is 0 Å². The van der Waals surface area contributed by atoms with Crippen LogP contribution in [0.1, 0.15) is 38.2 Å². The molecule has 0 atom stereocenters. The number of likely N-dealkylation sites (tertiary alicyclic amines) is 1. The molecule has 2 rings (SSSR count). The fourth-order valence-electron chi connectivity index (χ4n) is 2.89. The van der Waals surface area contributed by atoms with Crippen LogP contribution in [-0.4, -0.2) is 37.6 Å². The number of nitrogens with one attached hydrogen (secondary N) is 1. The Morgan fingerprint density at radius 3 is 2.60 bits per heavy atom. The Labute approximate surface area is 121 Å². The fourth-order valence-corrected chi connectivity index (χ4v) is 2.89. The van der Waals surface area contributed by atoms with Crippen LogP contribution in [0.15, 0.2) is 18.2 Å². The Hall–Kier alpha value is -1.55. The number of hydrogen-bond donors (Lipinski definition) is 1. The molecule has 1 heterocycles. The molecule has 0 unspecified atom stereocenters. The van der Waals surface area contributed by atoms with Crippen molar-refractivity contribution in [3.05, 3.63) is 23.8 Å². The van der Waals surface area contributed by atoms with Crippen LogP contribution in [0.4, 0.5) is 5.69 Å². The number of nitrogens with zero attached hydrogens (tertiary/aromatic N) is 1. The van der Waals surface area contributed by atoms with Gasteiger partial charge in [-0.2, -0.15) is 0 Å². The highest BCUT2D eigenvalue weighted by molar-refractivity contribution is 5.75. The van der Waals surface area contributed by atoms with Gasteiger partial charge in [0.25, 0.3) is 0 Å². The molecule has 0 aliphatic carbocycles. The number of benzene rings is 1. The average Bonchev–Trinajstić information content (AvgIpc) is 2.48. The predicted molar refractivity (Wildman–Crippen MR) is 81.4 cm³/mol. The van der Waals surface area contributed by atoms with Crippen molar-refractivity contribution in [1.82, 2.24) is 4.90 Å². The minimum atomic E-state index is 0.587. The van der Waals surface area contributed by atoms with E-state index in [9.17, 15) is 4.79 Å². The number of ether oxygens (including phenoxy) is 1. The molecule has 4 heteroatoms. The summed E-state index contributed by atoms with van der Waals surface area (Å²) >= 11 is 0. The van der Waals surface area contributed by atoms with Crippen molar-refractivity contribution < 1.29 is 9.53 Å². The van der Waals surface area contributed by atoms with Crippen molar-refractivity contribution in [3.8, 4) is 5.75 Å². The first kappa shape index (κ1) is 14.9. The van der Waals surface area contributed by atoms with Crippen LogP contribution in [-0.2, 0) is 4.79 Å². The maximum atomic E-state index is 10.6. The van der Waals surface area contributed by atoms with E-state index in [0.717, 1.165) is 24.5 Å². The second-order valence-corrected chi connectivity index (χ2v) is 5.63. The third-order valence-corrected chi connectivity index (χ3v) is 4.17. The molecule has 1 saturated heterocycles. The lowest BCUT2D eigenvalue weighted by Gasteiger charge is -2.34.